The van der Waals surface area contributed by atoms with Crippen molar-refractivity contribution in [1.82, 2.24) is 0 Å². The van der Waals surface area contributed by atoms with Gasteiger partial charge >= 0.3 is 0 Å². The molecule has 0 bridgehead atoms. The maximum atomic E-state index is 5.92. The summed E-state index contributed by atoms with van der Waals surface area (Å²) in [6.07, 6.45) is 17.1. The first kappa shape index (κ1) is 16.4. The Kier molecular flexibility index (Phi) is 5.02. The van der Waals surface area contributed by atoms with Gasteiger partial charge in [0.15, 0.2) is 5.79 Å². The second-order valence-corrected chi connectivity index (χ2v) is 9.01. The van der Waals surface area contributed by atoms with E-state index in [4.69, 9.17) is 9.47 Å². The zero-order chi connectivity index (χ0) is 15.7. The quantitative estimate of drug-likeness (QED) is 0.678. The third-order valence-electron chi connectivity index (χ3n) is 7.73. The number of hydrogen-bond donors (Lipinski definition) is 0. The standard InChI is InChI=1S/C21H36O2/c1-2-3-16-4-5-20-15-19(7-6-18(20)14-16)17-8-10-21(11-9-17)22-12-13-23-21/h16-20H,2-15H2,1H3. The van der Waals surface area contributed by atoms with E-state index in [0.717, 1.165) is 55.6 Å². The molecule has 1 saturated heterocycles. The van der Waals surface area contributed by atoms with E-state index in [1.807, 2.05) is 0 Å². The molecule has 4 atom stereocenters. The van der Waals surface area contributed by atoms with Gasteiger partial charge in [-0.15, -0.1) is 0 Å². The average molecular weight is 321 g/mol. The second-order valence-electron chi connectivity index (χ2n) is 9.01. The van der Waals surface area contributed by atoms with Crippen molar-refractivity contribution in [3.63, 3.8) is 0 Å². The Morgan fingerprint density at radius 1 is 0.739 bits per heavy atom. The van der Waals surface area contributed by atoms with Gasteiger partial charge in [-0.3, -0.25) is 0 Å². The summed E-state index contributed by atoms with van der Waals surface area (Å²) in [4.78, 5) is 0. The fourth-order valence-electron chi connectivity index (χ4n) is 6.46. The van der Waals surface area contributed by atoms with Gasteiger partial charge in [-0.1, -0.05) is 26.2 Å². The SMILES string of the molecule is CCCC1CCC2CC(C3CCC4(CC3)OCCO4)CCC2C1. The molecule has 4 rings (SSSR count). The van der Waals surface area contributed by atoms with E-state index in [9.17, 15) is 0 Å². The smallest absolute Gasteiger partial charge is 0.168 e. The first-order valence-corrected chi connectivity index (χ1v) is 10.6. The lowest BCUT2D eigenvalue weighted by atomic mass is 9.61. The third kappa shape index (κ3) is 3.49. The van der Waals surface area contributed by atoms with Crippen LogP contribution in [0.3, 0.4) is 0 Å². The minimum atomic E-state index is -0.161. The highest BCUT2D eigenvalue weighted by molar-refractivity contribution is 4.91. The Balaban J connectivity index is 1.28. The molecule has 0 radical (unpaired) electrons. The predicted octanol–water partition coefficient (Wildman–Crippen LogP) is 5.55. The maximum absolute atomic E-state index is 5.92. The van der Waals surface area contributed by atoms with Gasteiger partial charge in [-0.05, 0) is 74.5 Å². The molecule has 1 aliphatic heterocycles. The number of hydrogen-bond acceptors (Lipinski definition) is 2. The van der Waals surface area contributed by atoms with Crippen LogP contribution in [0, 0.1) is 29.6 Å². The van der Waals surface area contributed by atoms with Gasteiger partial charge in [-0.2, -0.15) is 0 Å². The van der Waals surface area contributed by atoms with E-state index < -0.39 is 0 Å². The van der Waals surface area contributed by atoms with Crippen LogP contribution in [-0.2, 0) is 9.47 Å². The second kappa shape index (κ2) is 7.04. The molecule has 2 heteroatoms. The predicted molar refractivity (Wildman–Crippen MR) is 93.2 cm³/mol. The molecule has 0 amide bonds. The van der Waals surface area contributed by atoms with Crippen LogP contribution in [0.1, 0.15) is 84.0 Å². The minimum Gasteiger partial charge on any atom is -0.348 e. The van der Waals surface area contributed by atoms with E-state index in [0.29, 0.717) is 0 Å². The molecule has 3 aliphatic carbocycles. The summed E-state index contributed by atoms with van der Waals surface area (Å²) < 4.78 is 11.8. The minimum absolute atomic E-state index is 0.161. The number of ether oxygens (including phenoxy) is 2. The van der Waals surface area contributed by atoms with Gasteiger partial charge in [0, 0.05) is 12.8 Å². The Morgan fingerprint density at radius 2 is 1.35 bits per heavy atom. The molecule has 1 spiro atoms. The lowest BCUT2D eigenvalue weighted by molar-refractivity contribution is -0.186. The van der Waals surface area contributed by atoms with Crippen molar-refractivity contribution in [1.29, 1.82) is 0 Å². The number of rotatable bonds is 3. The van der Waals surface area contributed by atoms with E-state index in [1.165, 1.54) is 51.4 Å². The molecule has 4 aliphatic rings. The van der Waals surface area contributed by atoms with Gasteiger partial charge in [0.05, 0.1) is 13.2 Å². The molecular weight excluding hydrogens is 284 g/mol. The molecule has 1 heterocycles. The molecule has 0 aromatic carbocycles. The monoisotopic (exact) mass is 320 g/mol. The summed E-state index contributed by atoms with van der Waals surface area (Å²) >= 11 is 0. The first-order valence-electron chi connectivity index (χ1n) is 10.6. The lowest BCUT2D eigenvalue weighted by Gasteiger charge is -2.46. The van der Waals surface area contributed by atoms with Gasteiger partial charge in [0.25, 0.3) is 0 Å². The fraction of sp³-hybridized carbons (Fsp3) is 1.00. The van der Waals surface area contributed by atoms with E-state index in [1.54, 1.807) is 12.8 Å². The van der Waals surface area contributed by atoms with Crippen molar-refractivity contribution >= 4 is 0 Å². The maximum Gasteiger partial charge on any atom is 0.168 e. The van der Waals surface area contributed by atoms with Crippen molar-refractivity contribution in [2.75, 3.05) is 13.2 Å². The Bertz CT molecular complexity index is 377. The highest BCUT2D eigenvalue weighted by Crippen LogP contribution is 2.50. The van der Waals surface area contributed by atoms with E-state index in [-0.39, 0.29) is 5.79 Å². The van der Waals surface area contributed by atoms with Crippen LogP contribution in [-0.4, -0.2) is 19.0 Å². The van der Waals surface area contributed by atoms with E-state index >= 15 is 0 Å². The van der Waals surface area contributed by atoms with Crippen LogP contribution in [0.2, 0.25) is 0 Å². The molecule has 4 fully saturated rings. The molecule has 3 saturated carbocycles. The molecule has 0 aromatic heterocycles. The lowest BCUT2D eigenvalue weighted by Crippen LogP contribution is -2.39. The molecule has 0 aromatic rings. The normalized spacial score (nSPS) is 41.1. The van der Waals surface area contributed by atoms with Gasteiger partial charge in [0.2, 0.25) is 0 Å². The fourth-order valence-corrected chi connectivity index (χ4v) is 6.46. The largest absolute Gasteiger partial charge is 0.348 e. The van der Waals surface area contributed by atoms with Crippen molar-refractivity contribution in [3.8, 4) is 0 Å². The van der Waals surface area contributed by atoms with Crippen molar-refractivity contribution in [2.24, 2.45) is 29.6 Å². The van der Waals surface area contributed by atoms with Crippen LogP contribution in [0.5, 0.6) is 0 Å². The van der Waals surface area contributed by atoms with Crippen molar-refractivity contribution in [3.05, 3.63) is 0 Å². The molecule has 132 valence electrons. The summed E-state index contributed by atoms with van der Waals surface area (Å²) in [5.41, 5.74) is 0. The molecular formula is C21H36O2. The van der Waals surface area contributed by atoms with Crippen LogP contribution >= 0.6 is 0 Å². The first-order chi connectivity index (χ1) is 11.3. The average Bonchev–Trinajstić information content (AvgIpc) is 3.04. The van der Waals surface area contributed by atoms with E-state index in [2.05, 4.69) is 6.92 Å². The molecule has 0 N–H and O–H groups in total. The van der Waals surface area contributed by atoms with Crippen LogP contribution in [0.25, 0.3) is 0 Å². The highest BCUT2D eigenvalue weighted by atomic mass is 16.7. The molecule has 4 unspecified atom stereocenters. The van der Waals surface area contributed by atoms with Gasteiger partial charge in [-0.25, -0.2) is 0 Å². The Labute approximate surface area is 142 Å². The summed E-state index contributed by atoms with van der Waals surface area (Å²) in [6.45, 7) is 3.99. The van der Waals surface area contributed by atoms with Crippen LogP contribution in [0.4, 0.5) is 0 Å². The van der Waals surface area contributed by atoms with Crippen molar-refractivity contribution < 1.29 is 9.47 Å². The molecule has 2 nitrogen and oxygen atoms in total. The summed E-state index contributed by atoms with van der Waals surface area (Å²) in [5, 5.41) is 0. The van der Waals surface area contributed by atoms with Gasteiger partial charge < -0.3 is 9.47 Å². The van der Waals surface area contributed by atoms with Crippen molar-refractivity contribution in [2.45, 2.75) is 89.8 Å². The topological polar surface area (TPSA) is 18.5 Å². The zero-order valence-corrected chi connectivity index (χ0v) is 15.1. The van der Waals surface area contributed by atoms with Crippen LogP contribution < -0.4 is 0 Å². The highest BCUT2D eigenvalue weighted by Gasteiger charge is 2.44. The molecule has 23 heavy (non-hydrogen) atoms. The Hall–Kier alpha value is -0.0800. The third-order valence-corrected chi connectivity index (χ3v) is 7.73. The summed E-state index contributed by atoms with van der Waals surface area (Å²) in [7, 11) is 0. The number of fused-ring (bicyclic) bond motifs is 1. The summed E-state index contributed by atoms with van der Waals surface area (Å²) in [5.74, 6) is 5.01. The zero-order valence-electron chi connectivity index (χ0n) is 15.1. The summed E-state index contributed by atoms with van der Waals surface area (Å²) in [6, 6.07) is 0. The Morgan fingerprint density at radius 3 is 2.04 bits per heavy atom. The van der Waals surface area contributed by atoms with Gasteiger partial charge in [0.1, 0.15) is 0 Å². The van der Waals surface area contributed by atoms with Crippen LogP contribution in [0.15, 0.2) is 0 Å².